The molecule has 3 fully saturated rings. The third-order valence-corrected chi connectivity index (χ3v) is 6.45. The monoisotopic (exact) mass is 382 g/mol. The molecule has 0 radical (unpaired) electrons. The minimum absolute atomic E-state index is 0.0201. The summed E-state index contributed by atoms with van der Waals surface area (Å²) >= 11 is 0. The summed E-state index contributed by atoms with van der Waals surface area (Å²) in [6.45, 7) is 2.20. The van der Waals surface area contributed by atoms with E-state index in [-0.39, 0.29) is 30.5 Å². The second-order valence-corrected chi connectivity index (χ2v) is 8.16. The third-order valence-electron chi connectivity index (χ3n) is 6.45. The number of carbonyl (C=O) groups excluding carboxylic acids is 1. The number of halogens is 3. The molecule has 0 aliphatic carbocycles. The summed E-state index contributed by atoms with van der Waals surface area (Å²) in [6.07, 6.45) is -0.844. The van der Waals surface area contributed by atoms with Crippen LogP contribution in [0.3, 0.4) is 0 Å². The molecular formula is C20H25F3N2O2. The molecule has 7 heteroatoms. The fraction of sp³-hybridized carbons (Fsp3) is 0.650. The van der Waals surface area contributed by atoms with E-state index in [9.17, 15) is 23.1 Å². The van der Waals surface area contributed by atoms with Crippen LogP contribution in [-0.4, -0.2) is 52.6 Å². The molecule has 0 spiro atoms. The minimum atomic E-state index is -4.31. The summed E-state index contributed by atoms with van der Waals surface area (Å²) in [5.41, 5.74) is 0.235. The first-order chi connectivity index (χ1) is 12.9. The highest BCUT2D eigenvalue weighted by Gasteiger charge is 2.49. The Morgan fingerprint density at radius 3 is 2.48 bits per heavy atom. The van der Waals surface area contributed by atoms with E-state index in [4.69, 9.17) is 0 Å². The van der Waals surface area contributed by atoms with Gasteiger partial charge in [-0.25, -0.2) is 0 Å². The van der Waals surface area contributed by atoms with E-state index in [1.165, 1.54) is 0 Å². The molecule has 0 saturated carbocycles. The lowest BCUT2D eigenvalue weighted by molar-refractivity contribution is -0.155. The van der Waals surface area contributed by atoms with Crippen LogP contribution in [0.25, 0.3) is 0 Å². The van der Waals surface area contributed by atoms with Crippen molar-refractivity contribution in [2.24, 2.45) is 11.8 Å². The number of aliphatic hydroxyl groups excluding tert-OH is 1. The topological polar surface area (TPSA) is 43.8 Å². The van der Waals surface area contributed by atoms with Crippen molar-refractivity contribution in [2.75, 3.05) is 19.7 Å². The Morgan fingerprint density at radius 2 is 1.81 bits per heavy atom. The minimum Gasteiger partial charge on any atom is -0.394 e. The first kappa shape index (κ1) is 18.7. The number of likely N-dealkylation sites (tertiary alicyclic amines) is 1. The number of carbonyl (C=O) groups is 1. The zero-order chi connectivity index (χ0) is 19.2. The van der Waals surface area contributed by atoms with Crippen molar-refractivity contribution in [1.29, 1.82) is 0 Å². The number of piperidine rings is 3. The number of benzene rings is 1. The Bertz CT molecular complexity index is 677. The predicted molar refractivity (Wildman–Crippen MR) is 93.7 cm³/mol. The average Bonchev–Trinajstić information content (AvgIpc) is 2.62. The number of aliphatic hydroxyl groups is 1. The molecule has 4 atom stereocenters. The molecule has 4 nitrogen and oxygen atoms in total. The van der Waals surface area contributed by atoms with Gasteiger partial charge in [0.2, 0.25) is 5.91 Å². The molecule has 3 aliphatic rings. The zero-order valence-corrected chi connectivity index (χ0v) is 15.2. The maximum absolute atomic E-state index is 12.7. The summed E-state index contributed by atoms with van der Waals surface area (Å²) in [5.74, 6) is 0.767. The summed E-state index contributed by atoms with van der Waals surface area (Å²) in [4.78, 5) is 16.7. The second kappa shape index (κ2) is 7.09. The summed E-state index contributed by atoms with van der Waals surface area (Å²) in [5, 5.41) is 9.92. The Labute approximate surface area is 156 Å². The molecule has 4 rings (SSSR count). The normalized spacial score (nSPS) is 31.7. The standard InChI is InChI=1S/C20H25F3N2O2/c21-20(22,23)16-6-4-13(5-7-16)9-24-10-14-8-15(11-24)18(12-26)25-17(14)2-1-3-19(25)27/h4-7,14-15,17-18,26H,1-3,8-12H2/t14-,15+,17+,18+/m1/s1. The van der Waals surface area contributed by atoms with Gasteiger partial charge in [-0.3, -0.25) is 9.69 Å². The van der Waals surface area contributed by atoms with Gasteiger partial charge in [-0.1, -0.05) is 12.1 Å². The lowest BCUT2D eigenvalue weighted by Gasteiger charge is -2.56. The van der Waals surface area contributed by atoms with Gasteiger partial charge in [0.25, 0.3) is 0 Å². The van der Waals surface area contributed by atoms with Gasteiger partial charge < -0.3 is 10.0 Å². The van der Waals surface area contributed by atoms with Crippen molar-refractivity contribution in [1.82, 2.24) is 9.80 Å². The maximum atomic E-state index is 12.7. The first-order valence-corrected chi connectivity index (χ1v) is 9.67. The van der Waals surface area contributed by atoms with Crippen LogP contribution in [0, 0.1) is 11.8 Å². The van der Waals surface area contributed by atoms with Crippen molar-refractivity contribution in [3.63, 3.8) is 0 Å². The lowest BCUT2D eigenvalue weighted by Crippen LogP contribution is -2.65. The van der Waals surface area contributed by atoms with E-state index < -0.39 is 11.7 Å². The van der Waals surface area contributed by atoms with E-state index in [1.807, 2.05) is 4.90 Å². The number of hydrogen-bond acceptors (Lipinski definition) is 3. The van der Waals surface area contributed by atoms with Gasteiger partial charge in [-0.2, -0.15) is 13.2 Å². The van der Waals surface area contributed by atoms with Crippen LogP contribution >= 0.6 is 0 Å². The molecule has 0 unspecified atom stereocenters. The SMILES string of the molecule is O=C1CCC[C@H]2[C@@H]3C[C@@H](CN(Cc4ccc(C(F)(F)F)cc4)C3)[C@H](CO)N12. The van der Waals surface area contributed by atoms with Crippen LogP contribution in [0.15, 0.2) is 24.3 Å². The van der Waals surface area contributed by atoms with E-state index in [0.717, 1.165) is 50.0 Å². The van der Waals surface area contributed by atoms with Crippen molar-refractivity contribution >= 4 is 5.91 Å². The highest BCUT2D eigenvalue weighted by Crippen LogP contribution is 2.41. The van der Waals surface area contributed by atoms with Crippen molar-refractivity contribution < 1.29 is 23.1 Å². The molecular weight excluding hydrogens is 357 g/mol. The van der Waals surface area contributed by atoms with Crippen LogP contribution in [0.5, 0.6) is 0 Å². The summed E-state index contributed by atoms with van der Waals surface area (Å²) in [7, 11) is 0. The van der Waals surface area contributed by atoms with Crippen LogP contribution < -0.4 is 0 Å². The number of amides is 1. The molecule has 1 amide bonds. The van der Waals surface area contributed by atoms with Gasteiger partial charge in [0, 0.05) is 32.1 Å². The van der Waals surface area contributed by atoms with Crippen molar-refractivity contribution in [3.05, 3.63) is 35.4 Å². The summed E-state index contributed by atoms with van der Waals surface area (Å²) < 4.78 is 38.2. The quantitative estimate of drug-likeness (QED) is 0.874. The van der Waals surface area contributed by atoms with Gasteiger partial charge in [0.1, 0.15) is 0 Å². The lowest BCUT2D eigenvalue weighted by atomic mass is 9.72. The molecule has 148 valence electrons. The third kappa shape index (κ3) is 3.59. The fourth-order valence-corrected chi connectivity index (χ4v) is 5.29. The number of fused-ring (bicyclic) bond motifs is 4. The van der Waals surface area contributed by atoms with Gasteiger partial charge in [-0.05, 0) is 48.8 Å². The molecule has 3 saturated heterocycles. The second-order valence-electron chi connectivity index (χ2n) is 8.16. The highest BCUT2D eigenvalue weighted by molar-refractivity contribution is 5.78. The molecule has 2 bridgehead atoms. The Balaban J connectivity index is 1.48. The molecule has 0 aromatic heterocycles. The molecule has 1 N–H and O–H groups in total. The van der Waals surface area contributed by atoms with Gasteiger partial charge in [0.05, 0.1) is 18.2 Å². The van der Waals surface area contributed by atoms with E-state index in [1.54, 1.807) is 12.1 Å². The van der Waals surface area contributed by atoms with Crippen molar-refractivity contribution in [3.8, 4) is 0 Å². The highest BCUT2D eigenvalue weighted by atomic mass is 19.4. The fourth-order valence-electron chi connectivity index (χ4n) is 5.29. The smallest absolute Gasteiger partial charge is 0.394 e. The molecule has 1 aromatic carbocycles. The van der Waals surface area contributed by atoms with E-state index in [0.29, 0.717) is 18.9 Å². The Hall–Kier alpha value is -1.60. The van der Waals surface area contributed by atoms with Crippen LogP contribution in [0.2, 0.25) is 0 Å². The predicted octanol–water partition coefficient (Wildman–Crippen LogP) is 2.90. The largest absolute Gasteiger partial charge is 0.416 e. The summed E-state index contributed by atoms with van der Waals surface area (Å²) in [6, 6.07) is 5.43. The maximum Gasteiger partial charge on any atom is 0.416 e. The van der Waals surface area contributed by atoms with Gasteiger partial charge in [-0.15, -0.1) is 0 Å². The number of alkyl halides is 3. The average molecular weight is 382 g/mol. The number of rotatable bonds is 3. The van der Waals surface area contributed by atoms with Gasteiger partial charge in [0.15, 0.2) is 0 Å². The molecule has 1 aromatic rings. The molecule has 3 heterocycles. The number of nitrogens with zero attached hydrogens (tertiary/aromatic N) is 2. The van der Waals surface area contributed by atoms with Crippen LogP contribution in [-0.2, 0) is 17.5 Å². The van der Waals surface area contributed by atoms with Crippen LogP contribution in [0.4, 0.5) is 13.2 Å². The van der Waals surface area contributed by atoms with Gasteiger partial charge >= 0.3 is 6.18 Å². The van der Waals surface area contributed by atoms with Crippen LogP contribution in [0.1, 0.15) is 36.8 Å². The number of hydrogen-bond donors (Lipinski definition) is 1. The molecule has 27 heavy (non-hydrogen) atoms. The Morgan fingerprint density at radius 1 is 1.11 bits per heavy atom. The van der Waals surface area contributed by atoms with E-state index in [2.05, 4.69) is 4.90 Å². The zero-order valence-electron chi connectivity index (χ0n) is 15.2. The Kier molecular flexibility index (Phi) is 4.93. The molecule has 3 aliphatic heterocycles. The van der Waals surface area contributed by atoms with E-state index >= 15 is 0 Å². The first-order valence-electron chi connectivity index (χ1n) is 9.67. The van der Waals surface area contributed by atoms with Crippen molar-refractivity contribution in [2.45, 2.75) is 50.5 Å².